The zero-order valence-electron chi connectivity index (χ0n) is 18.0. The molecule has 0 radical (unpaired) electrons. The molecule has 2 heteroatoms. The van der Waals surface area contributed by atoms with Gasteiger partial charge in [0.05, 0.1) is 0 Å². The van der Waals surface area contributed by atoms with Gasteiger partial charge in [-0.05, 0) is 25.7 Å². The van der Waals surface area contributed by atoms with Crippen molar-refractivity contribution >= 4 is 11.6 Å². The molecule has 0 saturated carbocycles. The Morgan fingerprint density at radius 1 is 0.385 bits per heavy atom. The van der Waals surface area contributed by atoms with Gasteiger partial charge >= 0.3 is 0 Å². The van der Waals surface area contributed by atoms with Crippen LogP contribution < -0.4 is 0 Å². The molecule has 0 bridgehead atoms. The number of unbranched alkanes of at least 4 members (excludes halogenated alkanes) is 13. The number of ketones is 2. The van der Waals surface area contributed by atoms with Crippen molar-refractivity contribution in [2.75, 3.05) is 0 Å². The van der Waals surface area contributed by atoms with E-state index < -0.39 is 0 Å². The first kappa shape index (κ1) is 25.3. The molecule has 0 spiro atoms. The molecular weight excluding hydrogens is 320 g/mol. The topological polar surface area (TPSA) is 34.1 Å². The monoisotopic (exact) mass is 366 g/mol. The molecule has 154 valence electrons. The highest BCUT2D eigenvalue weighted by Crippen LogP contribution is 2.13. The van der Waals surface area contributed by atoms with Crippen LogP contribution in [0.3, 0.4) is 0 Å². The summed E-state index contributed by atoms with van der Waals surface area (Å²) in [5.41, 5.74) is 0. The van der Waals surface area contributed by atoms with Crippen LogP contribution in [0, 0.1) is 0 Å². The van der Waals surface area contributed by atoms with Gasteiger partial charge in [-0.1, -0.05) is 90.9 Å². The highest BCUT2D eigenvalue weighted by atomic mass is 16.1. The quantitative estimate of drug-likeness (QED) is 0.193. The van der Waals surface area contributed by atoms with Gasteiger partial charge in [0.25, 0.3) is 0 Å². The number of carbonyl (C=O) groups excluding carboxylic acids is 2. The van der Waals surface area contributed by atoms with Gasteiger partial charge in [0.2, 0.25) is 0 Å². The minimum absolute atomic E-state index is 0.473. The number of hydrogen-bond donors (Lipinski definition) is 0. The minimum atomic E-state index is 0.473. The summed E-state index contributed by atoms with van der Waals surface area (Å²) in [6.07, 6.45) is 22.5. The number of Topliss-reactive ketones (excluding diaryl/α,β-unsaturated/α-hetero) is 2. The van der Waals surface area contributed by atoms with Crippen LogP contribution in [0.15, 0.2) is 0 Å². The van der Waals surface area contributed by atoms with Crippen LogP contribution in [0.4, 0.5) is 0 Å². The second-order valence-corrected chi connectivity index (χ2v) is 8.03. The van der Waals surface area contributed by atoms with Gasteiger partial charge in [0.15, 0.2) is 0 Å². The van der Waals surface area contributed by atoms with Gasteiger partial charge in [-0.2, -0.15) is 0 Å². The third-order valence-electron chi connectivity index (χ3n) is 5.28. The molecule has 0 aliphatic heterocycles. The average molecular weight is 367 g/mol. The first-order chi connectivity index (χ1) is 12.7. The fourth-order valence-corrected chi connectivity index (χ4v) is 3.45. The van der Waals surface area contributed by atoms with Crippen molar-refractivity contribution in [1.29, 1.82) is 0 Å². The standard InChI is InChI=1S/C24H46O2/c1-3-5-7-15-19-23(25)21-17-13-11-9-10-12-14-18-22-24(26)20-16-8-6-4-2/h3-22H2,1-2H3. The fraction of sp³-hybridized carbons (Fsp3) is 0.917. The lowest BCUT2D eigenvalue weighted by Crippen LogP contribution is -1.98. The van der Waals surface area contributed by atoms with Gasteiger partial charge in [-0.15, -0.1) is 0 Å². The Labute approximate surface area is 163 Å². The third kappa shape index (κ3) is 19.7. The largest absolute Gasteiger partial charge is 0.300 e. The van der Waals surface area contributed by atoms with Crippen LogP contribution >= 0.6 is 0 Å². The highest BCUT2D eigenvalue weighted by Gasteiger charge is 2.03. The van der Waals surface area contributed by atoms with Crippen LogP contribution in [0.5, 0.6) is 0 Å². The molecular formula is C24H46O2. The highest BCUT2D eigenvalue weighted by molar-refractivity contribution is 5.78. The summed E-state index contributed by atoms with van der Waals surface area (Å²) in [6.45, 7) is 4.41. The summed E-state index contributed by atoms with van der Waals surface area (Å²) in [7, 11) is 0. The molecule has 0 aliphatic rings. The zero-order valence-corrected chi connectivity index (χ0v) is 18.0. The van der Waals surface area contributed by atoms with Crippen molar-refractivity contribution in [2.24, 2.45) is 0 Å². The molecule has 26 heavy (non-hydrogen) atoms. The molecule has 0 rings (SSSR count). The van der Waals surface area contributed by atoms with Crippen LogP contribution in [0.2, 0.25) is 0 Å². The average Bonchev–Trinajstić information content (AvgIpc) is 2.64. The summed E-state index contributed by atoms with van der Waals surface area (Å²) in [5.74, 6) is 0.945. The van der Waals surface area contributed by atoms with E-state index in [1.807, 2.05) is 0 Å². The van der Waals surface area contributed by atoms with E-state index in [2.05, 4.69) is 13.8 Å². The van der Waals surface area contributed by atoms with E-state index in [1.54, 1.807) is 0 Å². The second-order valence-electron chi connectivity index (χ2n) is 8.03. The van der Waals surface area contributed by atoms with Crippen LogP contribution in [-0.2, 0) is 9.59 Å². The van der Waals surface area contributed by atoms with Crippen molar-refractivity contribution in [3.05, 3.63) is 0 Å². The summed E-state index contributed by atoms with van der Waals surface area (Å²) in [5, 5.41) is 0. The molecule has 0 amide bonds. The Hall–Kier alpha value is -0.660. The molecule has 0 saturated heterocycles. The van der Waals surface area contributed by atoms with Crippen molar-refractivity contribution in [3.8, 4) is 0 Å². The van der Waals surface area contributed by atoms with Crippen molar-refractivity contribution in [3.63, 3.8) is 0 Å². The molecule has 0 aromatic rings. The Morgan fingerprint density at radius 2 is 0.615 bits per heavy atom. The lowest BCUT2D eigenvalue weighted by Gasteiger charge is -2.03. The molecule has 0 aliphatic carbocycles. The van der Waals surface area contributed by atoms with Gasteiger partial charge in [-0.25, -0.2) is 0 Å². The van der Waals surface area contributed by atoms with Crippen LogP contribution in [0.1, 0.15) is 142 Å². The normalized spacial score (nSPS) is 11.0. The predicted molar refractivity (Wildman–Crippen MR) is 114 cm³/mol. The first-order valence-corrected chi connectivity index (χ1v) is 11.7. The third-order valence-corrected chi connectivity index (χ3v) is 5.28. The maximum atomic E-state index is 11.7. The maximum Gasteiger partial charge on any atom is 0.132 e. The lowest BCUT2D eigenvalue weighted by molar-refractivity contribution is -0.120. The molecule has 0 heterocycles. The fourth-order valence-electron chi connectivity index (χ4n) is 3.45. The van der Waals surface area contributed by atoms with Crippen LogP contribution in [-0.4, -0.2) is 11.6 Å². The predicted octanol–water partition coefficient (Wildman–Crippen LogP) is 7.97. The Morgan fingerprint density at radius 3 is 0.885 bits per heavy atom. The van der Waals surface area contributed by atoms with Crippen LogP contribution in [0.25, 0.3) is 0 Å². The van der Waals surface area contributed by atoms with E-state index >= 15 is 0 Å². The smallest absolute Gasteiger partial charge is 0.132 e. The van der Waals surface area contributed by atoms with Gasteiger partial charge in [0, 0.05) is 25.7 Å². The maximum absolute atomic E-state index is 11.7. The molecule has 0 unspecified atom stereocenters. The molecule has 0 N–H and O–H groups in total. The van der Waals surface area contributed by atoms with Gasteiger partial charge in [0.1, 0.15) is 11.6 Å². The Balaban J connectivity index is 3.21. The van der Waals surface area contributed by atoms with Crippen molar-refractivity contribution in [1.82, 2.24) is 0 Å². The van der Waals surface area contributed by atoms with E-state index in [0.717, 1.165) is 51.4 Å². The summed E-state index contributed by atoms with van der Waals surface area (Å²) < 4.78 is 0. The van der Waals surface area contributed by atoms with Gasteiger partial charge in [-0.3, -0.25) is 9.59 Å². The summed E-state index contributed by atoms with van der Waals surface area (Å²) in [4.78, 5) is 23.5. The lowest BCUT2D eigenvalue weighted by atomic mass is 10.0. The van der Waals surface area contributed by atoms with Gasteiger partial charge < -0.3 is 0 Å². The van der Waals surface area contributed by atoms with E-state index in [9.17, 15) is 9.59 Å². The molecule has 0 atom stereocenters. The SMILES string of the molecule is CCCCCCC(=O)CCCCCCCCCCC(=O)CCCCCC. The van der Waals surface area contributed by atoms with E-state index in [0.29, 0.717) is 11.6 Å². The number of rotatable bonds is 21. The second kappa shape index (κ2) is 20.6. The molecule has 0 aromatic heterocycles. The number of hydrogen-bond acceptors (Lipinski definition) is 2. The summed E-state index contributed by atoms with van der Waals surface area (Å²) >= 11 is 0. The summed E-state index contributed by atoms with van der Waals surface area (Å²) in [6, 6.07) is 0. The molecule has 2 nitrogen and oxygen atoms in total. The Bertz CT molecular complexity index is 290. The van der Waals surface area contributed by atoms with Crippen molar-refractivity contribution < 1.29 is 9.59 Å². The zero-order chi connectivity index (χ0) is 19.3. The minimum Gasteiger partial charge on any atom is -0.300 e. The number of carbonyl (C=O) groups is 2. The Kier molecular flexibility index (Phi) is 20.1. The first-order valence-electron chi connectivity index (χ1n) is 11.7. The molecule has 0 fully saturated rings. The van der Waals surface area contributed by atoms with E-state index in [1.165, 1.54) is 77.0 Å². The van der Waals surface area contributed by atoms with E-state index in [-0.39, 0.29) is 0 Å². The van der Waals surface area contributed by atoms with E-state index in [4.69, 9.17) is 0 Å². The molecule has 0 aromatic carbocycles. The van der Waals surface area contributed by atoms with Crippen molar-refractivity contribution in [2.45, 2.75) is 142 Å².